The van der Waals surface area contributed by atoms with Crippen molar-refractivity contribution < 1.29 is 8.63 Å². The molecule has 0 saturated heterocycles. The molecule has 37 heavy (non-hydrogen) atoms. The second kappa shape index (κ2) is 12.9. The van der Waals surface area contributed by atoms with E-state index in [0.29, 0.717) is 19.6 Å². The fraction of sp³-hybridized carbons (Fsp3) is 0.484. The summed E-state index contributed by atoms with van der Waals surface area (Å²) in [5, 5.41) is 2.43. The Morgan fingerprint density at radius 2 is 1.43 bits per heavy atom. The van der Waals surface area contributed by atoms with Crippen molar-refractivity contribution in [3.05, 3.63) is 73.3 Å². The average molecular weight is 554 g/mol. The van der Waals surface area contributed by atoms with Crippen molar-refractivity contribution >= 4 is 37.8 Å². The van der Waals surface area contributed by atoms with Crippen molar-refractivity contribution in [2.75, 3.05) is 13.2 Å². The van der Waals surface area contributed by atoms with Crippen LogP contribution in [-0.4, -0.2) is 48.8 Å². The first-order chi connectivity index (χ1) is 17.1. The number of hydrogen-bond donors (Lipinski definition) is 0. The molecule has 1 unspecified atom stereocenters. The molecule has 0 aliphatic rings. The lowest BCUT2D eigenvalue weighted by molar-refractivity contribution is 0.262. The van der Waals surface area contributed by atoms with Crippen LogP contribution < -0.4 is 10.4 Å². The maximum Gasteiger partial charge on any atom is 0.261 e. The standard InChI is InChI=1S/C31H47NO2SSi2/c1-11-24-32(35(33)30(2,3)4)27(23-26-36(8,9)10)22-25-34-37(31(5,6)7,28-18-14-12-15-19-28)29-20-16-13-17-21-29/h11-21,27H,1,22,24-25H2,2-10H3/t27?,35-/m1/s1. The van der Waals surface area contributed by atoms with E-state index in [1.165, 1.54) is 10.4 Å². The van der Waals surface area contributed by atoms with E-state index in [-0.39, 0.29) is 15.8 Å². The van der Waals surface area contributed by atoms with Crippen LogP contribution >= 0.6 is 0 Å². The maximum atomic E-state index is 13.6. The van der Waals surface area contributed by atoms with E-state index in [1.807, 2.05) is 31.2 Å². The Kier molecular flexibility index (Phi) is 10.9. The SMILES string of the molecule is C=CCN(C(C#C[Si](C)(C)C)CCO[Si](c1ccccc1)(c1ccccc1)C(C)(C)C)[S@](=O)C(C)(C)C. The van der Waals surface area contributed by atoms with E-state index in [9.17, 15) is 4.21 Å². The molecule has 2 rings (SSSR count). The van der Waals surface area contributed by atoms with E-state index in [4.69, 9.17) is 4.43 Å². The van der Waals surface area contributed by atoms with Gasteiger partial charge in [0.15, 0.2) is 0 Å². The molecular weight excluding hydrogens is 507 g/mol. The largest absolute Gasteiger partial charge is 0.407 e. The predicted molar refractivity (Wildman–Crippen MR) is 168 cm³/mol. The van der Waals surface area contributed by atoms with Gasteiger partial charge in [-0.1, -0.05) is 113 Å². The van der Waals surface area contributed by atoms with Gasteiger partial charge in [-0.05, 0) is 42.6 Å². The maximum absolute atomic E-state index is 13.6. The van der Waals surface area contributed by atoms with Crippen LogP contribution in [0.25, 0.3) is 0 Å². The first-order valence-electron chi connectivity index (χ1n) is 13.2. The molecule has 0 aliphatic heterocycles. The summed E-state index contributed by atoms with van der Waals surface area (Å²) in [6.45, 7) is 24.7. The molecule has 0 aromatic heterocycles. The van der Waals surface area contributed by atoms with Crippen LogP contribution in [0.2, 0.25) is 24.7 Å². The van der Waals surface area contributed by atoms with Gasteiger partial charge in [-0.2, -0.15) is 0 Å². The molecule has 0 N–H and O–H groups in total. The Balaban J connectivity index is 2.53. The molecule has 0 saturated carbocycles. The van der Waals surface area contributed by atoms with Gasteiger partial charge in [-0.25, -0.2) is 8.51 Å². The van der Waals surface area contributed by atoms with E-state index < -0.39 is 27.4 Å². The lowest BCUT2D eigenvalue weighted by atomic mass is 10.2. The highest BCUT2D eigenvalue weighted by atomic mass is 32.2. The zero-order valence-corrected chi connectivity index (χ0v) is 27.2. The molecule has 2 aromatic carbocycles. The third-order valence-corrected chi connectivity index (χ3v) is 13.9. The smallest absolute Gasteiger partial charge is 0.261 e. The van der Waals surface area contributed by atoms with Gasteiger partial charge in [0.2, 0.25) is 0 Å². The second-order valence-electron chi connectivity index (χ2n) is 12.6. The number of rotatable bonds is 10. The third-order valence-electron chi connectivity index (χ3n) is 6.13. The summed E-state index contributed by atoms with van der Waals surface area (Å²) in [6, 6.07) is 21.2. The third kappa shape index (κ3) is 8.36. The zero-order valence-electron chi connectivity index (χ0n) is 24.4. The molecule has 0 radical (unpaired) electrons. The Hall–Kier alpha value is -1.76. The highest BCUT2D eigenvalue weighted by Gasteiger charge is 2.50. The summed E-state index contributed by atoms with van der Waals surface area (Å²) in [5.41, 5.74) is 3.54. The van der Waals surface area contributed by atoms with Gasteiger partial charge in [0.1, 0.15) is 19.1 Å². The minimum Gasteiger partial charge on any atom is -0.407 e. The van der Waals surface area contributed by atoms with Crippen molar-refractivity contribution in [2.24, 2.45) is 0 Å². The van der Waals surface area contributed by atoms with Crippen molar-refractivity contribution in [1.29, 1.82) is 0 Å². The Morgan fingerprint density at radius 3 is 1.81 bits per heavy atom. The topological polar surface area (TPSA) is 29.5 Å². The summed E-state index contributed by atoms with van der Waals surface area (Å²) in [4.78, 5) is 0. The van der Waals surface area contributed by atoms with Gasteiger partial charge in [-0.15, -0.1) is 12.1 Å². The summed E-state index contributed by atoms with van der Waals surface area (Å²) in [7, 11) is -5.49. The molecule has 3 nitrogen and oxygen atoms in total. The zero-order chi connectivity index (χ0) is 27.9. The molecule has 0 spiro atoms. The summed E-state index contributed by atoms with van der Waals surface area (Å²) >= 11 is 0. The summed E-state index contributed by atoms with van der Waals surface area (Å²) in [6.07, 6.45) is 2.51. The molecule has 0 heterocycles. The second-order valence-corrected chi connectivity index (χ2v) is 23.8. The van der Waals surface area contributed by atoms with Crippen LogP contribution in [-0.2, 0) is 15.4 Å². The van der Waals surface area contributed by atoms with Crippen LogP contribution in [0, 0.1) is 11.5 Å². The highest BCUT2D eigenvalue weighted by Crippen LogP contribution is 2.37. The first kappa shape index (κ1) is 31.5. The van der Waals surface area contributed by atoms with Crippen LogP contribution in [0.4, 0.5) is 0 Å². The van der Waals surface area contributed by atoms with Gasteiger partial charge in [-0.3, -0.25) is 0 Å². The Bertz CT molecular complexity index is 1050. The molecule has 0 aliphatic carbocycles. The molecule has 2 atom stereocenters. The summed E-state index contributed by atoms with van der Waals surface area (Å²) < 4.78 is 22.4. The van der Waals surface area contributed by atoms with Crippen molar-refractivity contribution in [1.82, 2.24) is 4.31 Å². The fourth-order valence-electron chi connectivity index (χ4n) is 4.46. The molecule has 0 fully saturated rings. The highest BCUT2D eigenvalue weighted by molar-refractivity contribution is 7.84. The van der Waals surface area contributed by atoms with Gasteiger partial charge in [0, 0.05) is 13.2 Å². The van der Waals surface area contributed by atoms with E-state index >= 15 is 0 Å². The normalized spacial score (nSPS) is 14.5. The monoisotopic (exact) mass is 553 g/mol. The molecule has 2 aromatic rings. The minimum atomic E-state index is -2.65. The van der Waals surface area contributed by atoms with Gasteiger partial charge < -0.3 is 4.43 Å². The van der Waals surface area contributed by atoms with Crippen LogP contribution in [0.3, 0.4) is 0 Å². The van der Waals surface area contributed by atoms with Crippen LogP contribution in [0.5, 0.6) is 0 Å². The number of hydrogen-bond acceptors (Lipinski definition) is 2. The molecule has 202 valence electrons. The quantitative estimate of drug-likeness (QED) is 0.201. The van der Waals surface area contributed by atoms with Gasteiger partial charge >= 0.3 is 0 Å². The number of nitrogens with zero attached hydrogens (tertiary/aromatic N) is 1. The Labute approximate surface area is 231 Å². The van der Waals surface area contributed by atoms with Gasteiger partial charge in [0.05, 0.1) is 10.8 Å². The van der Waals surface area contributed by atoms with Crippen LogP contribution in [0.15, 0.2) is 73.3 Å². The van der Waals surface area contributed by atoms with Crippen molar-refractivity contribution in [3.63, 3.8) is 0 Å². The minimum absolute atomic E-state index is 0.0930. The number of benzene rings is 2. The van der Waals surface area contributed by atoms with Crippen LogP contribution in [0.1, 0.15) is 48.0 Å². The molecular formula is C31H47NO2SSi2. The molecule has 0 bridgehead atoms. The first-order valence-corrected chi connectivity index (χ1v) is 19.7. The Morgan fingerprint density at radius 1 is 0.946 bits per heavy atom. The lowest BCUT2D eigenvalue weighted by Crippen LogP contribution is -2.66. The van der Waals surface area contributed by atoms with E-state index in [1.54, 1.807) is 0 Å². The summed E-state index contributed by atoms with van der Waals surface area (Å²) in [5.74, 6) is 3.53. The van der Waals surface area contributed by atoms with E-state index in [2.05, 4.69) is 119 Å². The average Bonchev–Trinajstić information content (AvgIpc) is 2.81. The molecule has 6 heteroatoms. The van der Waals surface area contributed by atoms with Crippen molar-refractivity contribution in [2.45, 2.75) is 83.4 Å². The van der Waals surface area contributed by atoms with E-state index in [0.717, 1.165) is 0 Å². The fourth-order valence-corrected chi connectivity index (χ4v) is 11.0. The predicted octanol–water partition coefficient (Wildman–Crippen LogP) is 6.15. The van der Waals surface area contributed by atoms with Crippen molar-refractivity contribution in [3.8, 4) is 11.5 Å². The molecule has 0 amide bonds. The lowest BCUT2D eigenvalue weighted by Gasteiger charge is -2.43. The van der Waals surface area contributed by atoms with Gasteiger partial charge in [0.25, 0.3) is 8.32 Å².